The molecule has 16 heavy (non-hydrogen) atoms. The van der Waals surface area contributed by atoms with Gasteiger partial charge in [-0.25, -0.2) is 4.79 Å². The monoisotopic (exact) mass is 242 g/mol. The summed E-state index contributed by atoms with van der Waals surface area (Å²) in [6.07, 6.45) is 1.86. The highest BCUT2D eigenvalue weighted by Gasteiger charge is 2.16. The molecule has 0 fully saturated rings. The Labute approximate surface area is 100.0 Å². The summed E-state index contributed by atoms with van der Waals surface area (Å²) in [6, 6.07) is 4.85. The van der Waals surface area contributed by atoms with Crippen molar-refractivity contribution in [2.75, 3.05) is 0 Å². The Morgan fingerprint density at radius 2 is 2.25 bits per heavy atom. The van der Waals surface area contributed by atoms with Crippen LogP contribution in [-0.4, -0.2) is 17.2 Å². The average Bonchev–Trinajstić information content (AvgIpc) is 2.17. The second-order valence-electron chi connectivity index (χ2n) is 3.64. The normalized spacial score (nSPS) is 12.2. The van der Waals surface area contributed by atoms with Crippen LogP contribution in [0.25, 0.3) is 0 Å². The lowest BCUT2D eigenvalue weighted by Gasteiger charge is -2.15. The average molecular weight is 243 g/mol. The molecule has 1 atom stereocenters. The molecule has 1 aromatic carbocycles. The molecule has 0 spiro atoms. The summed E-state index contributed by atoms with van der Waals surface area (Å²) in [6.45, 7) is 3.96. The van der Waals surface area contributed by atoms with Gasteiger partial charge in [0.2, 0.25) is 0 Å². The maximum atomic E-state index is 11.0. The third-order valence-corrected chi connectivity index (χ3v) is 2.53. The van der Waals surface area contributed by atoms with Crippen LogP contribution in [0.4, 0.5) is 0 Å². The first kappa shape index (κ1) is 12.8. The topological polar surface area (TPSA) is 46.5 Å². The Bertz CT molecular complexity index is 377. The van der Waals surface area contributed by atoms with E-state index in [2.05, 4.69) is 6.92 Å². The van der Waals surface area contributed by atoms with Crippen molar-refractivity contribution < 1.29 is 14.6 Å². The van der Waals surface area contributed by atoms with E-state index in [0.29, 0.717) is 5.75 Å². The van der Waals surface area contributed by atoms with Crippen LogP contribution in [0.1, 0.15) is 37.0 Å². The lowest BCUT2D eigenvalue weighted by Crippen LogP contribution is -2.13. The number of hydrogen-bond donors (Lipinski definition) is 1. The molecule has 0 heterocycles. The number of ether oxygens (including phenoxy) is 1. The third-order valence-electron chi connectivity index (χ3n) is 2.21. The molecule has 0 bridgehead atoms. The first-order valence-electron chi connectivity index (χ1n) is 5.24. The Hall–Kier alpha value is -1.22. The molecule has 4 heteroatoms. The number of hydrogen-bond acceptors (Lipinski definition) is 2. The van der Waals surface area contributed by atoms with Crippen molar-refractivity contribution in [3.05, 3.63) is 28.8 Å². The van der Waals surface area contributed by atoms with E-state index in [4.69, 9.17) is 21.4 Å². The van der Waals surface area contributed by atoms with Crippen LogP contribution >= 0.6 is 11.6 Å². The van der Waals surface area contributed by atoms with Gasteiger partial charge in [0.1, 0.15) is 11.3 Å². The molecular formula is C12H15ClO3. The number of carboxylic acid groups (broad SMARTS) is 1. The van der Waals surface area contributed by atoms with E-state index >= 15 is 0 Å². The standard InChI is InChI=1S/C12H15ClO3/c1-3-5-8(2)16-10-7-4-6-9(13)11(10)12(14)15/h4,6-8H,3,5H2,1-2H3,(H,14,15). The van der Waals surface area contributed by atoms with Crippen LogP contribution in [0.5, 0.6) is 5.75 Å². The van der Waals surface area contributed by atoms with Gasteiger partial charge in [-0.15, -0.1) is 0 Å². The molecule has 0 aromatic heterocycles. The van der Waals surface area contributed by atoms with Gasteiger partial charge in [0.25, 0.3) is 0 Å². The number of rotatable bonds is 5. The summed E-state index contributed by atoms with van der Waals surface area (Å²) >= 11 is 5.82. The molecule has 1 aromatic rings. The molecule has 0 saturated heterocycles. The molecular weight excluding hydrogens is 228 g/mol. The zero-order valence-corrected chi connectivity index (χ0v) is 10.1. The van der Waals surface area contributed by atoms with Crippen molar-refractivity contribution in [1.82, 2.24) is 0 Å². The SMILES string of the molecule is CCCC(C)Oc1cccc(Cl)c1C(=O)O. The Morgan fingerprint density at radius 3 is 2.81 bits per heavy atom. The van der Waals surface area contributed by atoms with Crippen LogP contribution in [0, 0.1) is 0 Å². The van der Waals surface area contributed by atoms with Crippen LogP contribution in [0.3, 0.4) is 0 Å². The van der Waals surface area contributed by atoms with Gasteiger partial charge in [0.15, 0.2) is 0 Å². The Balaban J connectivity index is 2.95. The van der Waals surface area contributed by atoms with Crippen LogP contribution in [0.15, 0.2) is 18.2 Å². The molecule has 0 aliphatic rings. The molecule has 0 aliphatic heterocycles. The number of halogens is 1. The zero-order chi connectivity index (χ0) is 12.1. The number of carbonyl (C=O) groups is 1. The highest BCUT2D eigenvalue weighted by atomic mass is 35.5. The molecule has 0 radical (unpaired) electrons. The largest absolute Gasteiger partial charge is 0.490 e. The van der Waals surface area contributed by atoms with Gasteiger partial charge in [-0.3, -0.25) is 0 Å². The predicted octanol–water partition coefficient (Wildman–Crippen LogP) is 3.61. The number of benzene rings is 1. The van der Waals surface area contributed by atoms with E-state index in [1.54, 1.807) is 18.2 Å². The Morgan fingerprint density at radius 1 is 1.56 bits per heavy atom. The quantitative estimate of drug-likeness (QED) is 0.858. The van der Waals surface area contributed by atoms with Gasteiger partial charge < -0.3 is 9.84 Å². The van der Waals surface area contributed by atoms with Crippen molar-refractivity contribution in [3.8, 4) is 5.75 Å². The lowest BCUT2D eigenvalue weighted by molar-refractivity contribution is 0.0689. The maximum absolute atomic E-state index is 11.0. The molecule has 88 valence electrons. The van der Waals surface area contributed by atoms with Gasteiger partial charge >= 0.3 is 5.97 Å². The number of carboxylic acids is 1. The van der Waals surface area contributed by atoms with Crippen LogP contribution in [-0.2, 0) is 0 Å². The third kappa shape index (κ3) is 3.14. The fraction of sp³-hybridized carbons (Fsp3) is 0.417. The van der Waals surface area contributed by atoms with Crippen LogP contribution in [0.2, 0.25) is 5.02 Å². The van der Waals surface area contributed by atoms with Crippen LogP contribution < -0.4 is 4.74 Å². The smallest absolute Gasteiger partial charge is 0.341 e. The molecule has 1 unspecified atom stereocenters. The molecule has 3 nitrogen and oxygen atoms in total. The van der Waals surface area contributed by atoms with Gasteiger partial charge in [0.05, 0.1) is 11.1 Å². The molecule has 0 aliphatic carbocycles. The Kier molecular flexibility index (Phi) is 4.62. The summed E-state index contributed by atoms with van der Waals surface area (Å²) < 4.78 is 5.56. The van der Waals surface area contributed by atoms with Crippen molar-refractivity contribution in [2.24, 2.45) is 0 Å². The first-order chi connectivity index (χ1) is 7.56. The van der Waals surface area contributed by atoms with Gasteiger partial charge in [0, 0.05) is 0 Å². The summed E-state index contributed by atoms with van der Waals surface area (Å²) in [4.78, 5) is 11.0. The minimum Gasteiger partial charge on any atom is -0.490 e. The second kappa shape index (κ2) is 5.75. The van der Waals surface area contributed by atoms with Gasteiger partial charge in [-0.05, 0) is 25.5 Å². The highest BCUT2D eigenvalue weighted by molar-refractivity contribution is 6.33. The van der Waals surface area contributed by atoms with E-state index < -0.39 is 5.97 Å². The first-order valence-corrected chi connectivity index (χ1v) is 5.62. The van der Waals surface area contributed by atoms with E-state index in [1.165, 1.54) is 0 Å². The van der Waals surface area contributed by atoms with E-state index in [1.807, 2.05) is 6.92 Å². The summed E-state index contributed by atoms with van der Waals surface area (Å²) in [7, 11) is 0. The molecule has 0 amide bonds. The fourth-order valence-corrected chi connectivity index (χ4v) is 1.74. The van der Waals surface area contributed by atoms with E-state index in [9.17, 15) is 4.79 Å². The van der Waals surface area contributed by atoms with E-state index in [-0.39, 0.29) is 16.7 Å². The van der Waals surface area contributed by atoms with Gasteiger partial charge in [-0.2, -0.15) is 0 Å². The zero-order valence-electron chi connectivity index (χ0n) is 9.37. The molecule has 0 saturated carbocycles. The van der Waals surface area contributed by atoms with Crippen molar-refractivity contribution in [2.45, 2.75) is 32.8 Å². The lowest BCUT2D eigenvalue weighted by atomic mass is 10.2. The van der Waals surface area contributed by atoms with Crippen molar-refractivity contribution >= 4 is 17.6 Å². The predicted molar refractivity (Wildman–Crippen MR) is 63.4 cm³/mol. The molecule has 1 rings (SSSR count). The minimum absolute atomic E-state index is 0.0124. The highest BCUT2D eigenvalue weighted by Crippen LogP contribution is 2.27. The minimum atomic E-state index is -1.07. The van der Waals surface area contributed by atoms with Gasteiger partial charge in [-0.1, -0.05) is 31.0 Å². The summed E-state index contributed by atoms with van der Waals surface area (Å²) in [5.74, 6) is -0.731. The number of aromatic carboxylic acids is 1. The summed E-state index contributed by atoms with van der Waals surface area (Å²) in [5.41, 5.74) is 0.0344. The second-order valence-corrected chi connectivity index (χ2v) is 4.04. The van der Waals surface area contributed by atoms with Crippen molar-refractivity contribution in [1.29, 1.82) is 0 Å². The summed E-state index contributed by atoms with van der Waals surface area (Å²) in [5, 5.41) is 9.23. The van der Waals surface area contributed by atoms with Crippen molar-refractivity contribution in [3.63, 3.8) is 0 Å². The molecule has 1 N–H and O–H groups in total. The van der Waals surface area contributed by atoms with E-state index in [0.717, 1.165) is 12.8 Å². The fourth-order valence-electron chi connectivity index (χ4n) is 1.49. The maximum Gasteiger partial charge on any atom is 0.341 e.